The van der Waals surface area contributed by atoms with Crippen LogP contribution < -0.4 is 29.6 Å². The van der Waals surface area contributed by atoms with Crippen molar-refractivity contribution in [3.8, 4) is 0 Å². The zero-order valence-electron chi connectivity index (χ0n) is 12.2. The fourth-order valence-corrected chi connectivity index (χ4v) is 2.43. The molecule has 22 heavy (non-hydrogen) atoms. The van der Waals surface area contributed by atoms with Crippen LogP contribution in [0.15, 0.2) is 59.8 Å². The van der Waals surface area contributed by atoms with E-state index in [1.165, 1.54) is 12.1 Å². The van der Waals surface area contributed by atoms with Gasteiger partial charge in [0.2, 0.25) is 0 Å². The quantitative estimate of drug-likeness (QED) is 0.697. The molecule has 1 N–H and O–H groups in total. The smallest absolute Gasteiger partial charge is 0.458 e. The standard InChI is InChI=1S/C7H7ClNO2S.C7H6N2.Na/c1-6-2-4-7(5-3-6)12(10,11)9-8;1-2-4-7-6(3-1)8-5-9-7;/h2-5H,1H3;1-5H,(H,8,9);/q-1;;+1. The Morgan fingerprint density at radius 3 is 2.32 bits per heavy atom. The number of aryl methyl sites for hydroxylation is 1. The summed E-state index contributed by atoms with van der Waals surface area (Å²) in [4.78, 5) is 7.19. The second kappa shape index (κ2) is 8.67. The number of halogens is 1. The van der Waals surface area contributed by atoms with Crippen LogP contribution in [0.1, 0.15) is 5.56 Å². The maximum Gasteiger partial charge on any atom is 1.00 e. The van der Waals surface area contributed by atoms with Gasteiger partial charge in [0.25, 0.3) is 0 Å². The van der Waals surface area contributed by atoms with E-state index in [-0.39, 0.29) is 34.5 Å². The van der Waals surface area contributed by atoms with Crippen molar-refractivity contribution in [2.75, 3.05) is 0 Å². The Morgan fingerprint density at radius 1 is 1.09 bits per heavy atom. The molecule has 0 radical (unpaired) electrons. The largest absolute Gasteiger partial charge is 1.00 e. The van der Waals surface area contributed by atoms with Gasteiger partial charge in [-0.15, -0.1) is 0 Å². The molecule has 0 aliphatic rings. The molecule has 0 aliphatic heterocycles. The van der Waals surface area contributed by atoms with Crippen LogP contribution in [0.4, 0.5) is 0 Å². The third-order valence-electron chi connectivity index (χ3n) is 2.74. The van der Waals surface area contributed by atoms with Gasteiger partial charge in [-0.3, -0.25) is 11.8 Å². The minimum atomic E-state index is -3.62. The Labute approximate surface area is 156 Å². The Morgan fingerprint density at radius 2 is 1.73 bits per heavy atom. The number of hydrogen-bond acceptors (Lipinski definition) is 3. The van der Waals surface area contributed by atoms with E-state index in [2.05, 4.69) is 14.2 Å². The second-order valence-corrected chi connectivity index (χ2v) is 6.25. The first-order chi connectivity index (χ1) is 10.0. The van der Waals surface area contributed by atoms with Gasteiger partial charge in [0, 0.05) is 4.90 Å². The van der Waals surface area contributed by atoms with Gasteiger partial charge in [-0.1, -0.05) is 29.8 Å². The summed E-state index contributed by atoms with van der Waals surface area (Å²) < 4.78 is 24.8. The van der Waals surface area contributed by atoms with Crippen molar-refractivity contribution in [2.45, 2.75) is 11.8 Å². The number of rotatable bonds is 2. The monoisotopic (exact) mass is 345 g/mol. The first kappa shape index (κ1) is 19.2. The van der Waals surface area contributed by atoms with Crippen molar-refractivity contribution in [3.05, 3.63) is 64.7 Å². The van der Waals surface area contributed by atoms with E-state index in [0.717, 1.165) is 16.6 Å². The van der Waals surface area contributed by atoms with Crippen molar-refractivity contribution in [1.82, 2.24) is 9.97 Å². The molecule has 8 heteroatoms. The van der Waals surface area contributed by atoms with Crippen LogP contribution in [-0.4, -0.2) is 18.4 Å². The van der Waals surface area contributed by atoms with Crippen LogP contribution in [0.3, 0.4) is 0 Å². The maximum atomic E-state index is 11.0. The van der Waals surface area contributed by atoms with Crippen LogP contribution in [0, 0.1) is 6.92 Å². The predicted molar refractivity (Wildman–Crippen MR) is 83.7 cm³/mol. The molecule has 0 unspecified atom stereocenters. The third-order valence-corrected chi connectivity index (χ3v) is 4.33. The van der Waals surface area contributed by atoms with Gasteiger partial charge in [-0.25, -0.2) is 13.4 Å². The summed E-state index contributed by atoms with van der Waals surface area (Å²) in [6.45, 7) is 1.87. The summed E-state index contributed by atoms with van der Waals surface area (Å²) in [6.07, 6.45) is 1.70. The fraction of sp³-hybridized carbons (Fsp3) is 0.0714. The number of aromatic nitrogens is 2. The number of para-hydroxylation sites is 2. The number of aromatic amines is 1. The van der Waals surface area contributed by atoms with Crippen molar-refractivity contribution in [1.29, 1.82) is 0 Å². The molecule has 0 saturated carbocycles. The van der Waals surface area contributed by atoms with E-state index >= 15 is 0 Å². The van der Waals surface area contributed by atoms with Crippen LogP contribution in [-0.2, 0) is 10.0 Å². The molecule has 2 aromatic carbocycles. The van der Waals surface area contributed by atoms with Crippen molar-refractivity contribution < 1.29 is 38.0 Å². The molecule has 0 fully saturated rings. The minimum Gasteiger partial charge on any atom is -0.458 e. The second-order valence-electron chi connectivity index (χ2n) is 4.28. The molecule has 3 rings (SSSR count). The van der Waals surface area contributed by atoms with Gasteiger partial charge < -0.3 is 9.23 Å². The van der Waals surface area contributed by atoms with E-state index in [4.69, 9.17) is 11.8 Å². The number of hydrogen-bond donors (Lipinski definition) is 1. The van der Waals surface area contributed by atoms with E-state index in [0.29, 0.717) is 0 Å². The van der Waals surface area contributed by atoms with E-state index in [1.807, 2.05) is 31.2 Å². The predicted octanol–water partition coefficient (Wildman–Crippen LogP) is 0.778. The van der Waals surface area contributed by atoms with E-state index < -0.39 is 10.0 Å². The maximum absolute atomic E-state index is 11.0. The number of benzene rings is 2. The first-order valence-corrected chi connectivity index (χ1v) is 7.84. The van der Waals surface area contributed by atoms with Gasteiger partial charge in [0.1, 0.15) is 10.0 Å². The average molecular weight is 346 g/mol. The average Bonchev–Trinajstić information content (AvgIpc) is 2.97. The van der Waals surface area contributed by atoms with Gasteiger partial charge in [0.05, 0.1) is 17.4 Å². The van der Waals surface area contributed by atoms with Gasteiger partial charge in [-0.05, 0) is 31.2 Å². The number of nitrogens with zero attached hydrogens (tertiary/aromatic N) is 2. The van der Waals surface area contributed by atoms with Crippen LogP contribution in [0.5, 0.6) is 0 Å². The molecule has 0 atom stereocenters. The molecule has 110 valence electrons. The molecule has 0 spiro atoms. The summed E-state index contributed by atoms with van der Waals surface area (Å²) in [6, 6.07) is 14.3. The SMILES string of the molecule is Cc1ccc(S(=O)(=O)[N-]Cl)cc1.[Na+].c1ccc2[nH]cnc2c1. The van der Waals surface area contributed by atoms with Crippen LogP contribution in [0.25, 0.3) is 15.3 Å². The summed E-state index contributed by atoms with van der Waals surface area (Å²) >= 11 is 4.90. The number of H-pyrrole nitrogens is 1. The van der Waals surface area contributed by atoms with Gasteiger partial charge >= 0.3 is 29.6 Å². The normalized spacial score (nSPS) is 10.5. The van der Waals surface area contributed by atoms with Gasteiger partial charge in [0.15, 0.2) is 0 Å². The fourth-order valence-electron chi connectivity index (χ4n) is 1.63. The van der Waals surface area contributed by atoms with Crippen molar-refractivity contribution >= 4 is 32.8 Å². The molecule has 0 amide bonds. The Balaban J connectivity index is 0.000000217. The Bertz CT molecular complexity index is 789. The molecule has 0 bridgehead atoms. The van der Waals surface area contributed by atoms with Gasteiger partial charge in [-0.2, -0.15) is 0 Å². The molecule has 3 aromatic rings. The topological polar surface area (TPSA) is 76.9 Å². The van der Waals surface area contributed by atoms with Crippen molar-refractivity contribution in [2.24, 2.45) is 0 Å². The molecular formula is C14H13ClN3NaO2S. The molecular weight excluding hydrogens is 333 g/mol. The molecule has 0 aliphatic carbocycles. The van der Waals surface area contributed by atoms with E-state index in [1.54, 1.807) is 18.5 Å². The summed E-state index contributed by atoms with van der Waals surface area (Å²) in [5, 5.41) is 0. The number of imidazole rings is 1. The third kappa shape index (κ3) is 5.08. The van der Waals surface area contributed by atoms with E-state index in [9.17, 15) is 8.42 Å². The number of fused-ring (bicyclic) bond motifs is 1. The Kier molecular flexibility index (Phi) is 7.55. The van der Waals surface area contributed by atoms with Crippen molar-refractivity contribution in [3.63, 3.8) is 0 Å². The molecule has 5 nitrogen and oxygen atoms in total. The van der Waals surface area contributed by atoms with Crippen LogP contribution >= 0.6 is 11.8 Å². The molecule has 1 heterocycles. The molecule has 1 aromatic heterocycles. The first-order valence-electron chi connectivity index (χ1n) is 6.06. The minimum absolute atomic E-state index is 0. The summed E-state index contributed by atoms with van der Waals surface area (Å²) in [5.74, 6) is 0. The zero-order valence-corrected chi connectivity index (χ0v) is 15.8. The summed E-state index contributed by atoms with van der Waals surface area (Å²) in [7, 11) is -3.62. The molecule has 0 saturated heterocycles. The summed E-state index contributed by atoms with van der Waals surface area (Å²) in [5.41, 5.74) is 3.11. The zero-order chi connectivity index (χ0) is 15.3. The Hall–Kier alpha value is -0.890. The number of nitrogens with one attached hydrogen (secondary N) is 1. The van der Waals surface area contributed by atoms with Crippen LogP contribution in [0.2, 0.25) is 0 Å². The number of sulfonamides is 1.